The highest BCUT2D eigenvalue weighted by molar-refractivity contribution is 6.31. The average molecular weight is 325 g/mol. The molecule has 1 unspecified atom stereocenters. The molecule has 1 aromatic heterocycles. The van der Waals surface area contributed by atoms with Crippen molar-refractivity contribution in [3.05, 3.63) is 82.9 Å². The SMILES string of the molecule is Clc1ccccc1COc1cccc2c1CCC2n1ccnc1. The molecular weight excluding hydrogens is 308 g/mol. The summed E-state index contributed by atoms with van der Waals surface area (Å²) in [6.07, 6.45) is 7.85. The Hall–Kier alpha value is -2.26. The van der Waals surface area contributed by atoms with Crippen molar-refractivity contribution in [2.75, 3.05) is 0 Å². The Morgan fingerprint density at radius 2 is 2.09 bits per heavy atom. The second-order valence-corrected chi connectivity index (χ2v) is 6.18. The lowest BCUT2D eigenvalue weighted by molar-refractivity contribution is 0.303. The molecule has 3 aromatic rings. The van der Waals surface area contributed by atoms with E-state index in [1.54, 1.807) is 0 Å². The van der Waals surface area contributed by atoms with Crippen LogP contribution in [0.4, 0.5) is 0 Å². The topological polar surface area (TPSA) is 27.1 Å². The van der Waals surface area contributed by atoms with E-state index in [2.05, 4.69) is 21.7 Å². The molecule has 0 spiro atoms. The van der Waals surface area contributed by atoms with E-state index in [4.69, 9.17) is 16.3 Å². The first-order chi connectivity index (χ1) is 11.3. The van der Waals surface area contributed by atoms with Gasteiger partial charge in [-0.2, -0.15) is 0 Å². The Bertz CT molecular complexity index is 814. The van der Waals surface area contributed by atoms with E-state index in [9.17, 15) is 0 Å². The van der Waals surface area contributed by atoms with Crippen LogP contribution in [0.25, 0.3) is 0 Å². The summed E-state index contributed by atoms with van der Waals surface area (Å²) in [5.74, 6) is 0.963. The normalized spacial score (nSPS) is 16.3. The van der Waals surface area contributed by atoms with Crippen molar-refractivity contribution in [3.63, 3.8) is 0 Å². The van der Waals surface area contributed by atoms with Gasteiger partial charge in [0.25, 0.3) is 0 Å². The third-order valence-electron chi connectivity index (χ3n) is 4.42. The number of fused-ring (bicyclic) bond motifs is 1. The summed E-state index contributed by atoms with van der Waals surface area (Å²) in [6.45, 7) is 0.492. The third-order valence-corrected chi connectivity index (χ3v) is 4.79. The molecule has 1 heterocycles. The number of imidazole rings is 1. The summed E-state index contributed by atoms with van der Waals surface area (Å²) in [5, 5.41) is 0.747. The lowest BCUT2D eigenvalue weighted by atomic mass is 10.1. The van der Waals surface area contributed by atoms with Gasteiger partial charge < -0.3 is 9.30 Å². The molecule has 23 heavy (non-hydrogen) atoms. The Morgan fingerprint density at radius 3 is 2.91 bits per heavy atom. The van der Waals surface area contributed by atoms with E-state index >= 15 is 0 Å². The highest BCUT2D eigenvalue weighted by atomic mass is 35.5. The summed E-state index contributed by atoms with van der Waals surface area (Å²) in [4.78, 5) is 4.16. The number of aromatic nitrogens is 2. The van der Waals surface area contributed by atoms with Gasteiger partial charge in [0.1, 0.15) is 12.4 Å². The molecule has 1 aliphatic carbocycles. The van der Waals surface area contributed by atoms with Crippen LogP contribution in [0.2, 0.25) is 5.02 Å². The minimum atomic E-state index is 0.358. The van der Waals surface area contributed by atoms with Gasteiger partial charge in [0.15, 0.2) is 0 Å². The van der Waals surface area contributed by atoms with Crippen LogP contribution in [-0.2, 0) is 13.0 Å². The van der Waals surface area contributed by atoms with E-state index in [0.29, 0.717) is 12.6 Å². The molecule has 116 valence electrons. The first kappa shape index (κ1) is 14.3. The molecule has 2 aromatic carbocycles. The molecule has 0 fully saturated rings. The molecule has 0 aliphatic heterocycles. The second-order valence-electron chi connectivity index (χ2n) is 5.77. The first-order valence-corrected chi connectivity index (χ1v) is 8.16. The van der Waals surface area contributed by atoms with Crippen molar-refractivity contribution in [3.8, 4) is 5.75 Å². The molecule has 0 saturated heterocycles. The van der Waals surface area contributed by atoms with E-state index in [-0.39, 0.29) is 0 Å². The zero-order chi connectivity index (χ0) is 15.6. The fourth-order valence-corrected chi connectivity index (χ4v) is 3.46. The number of hydrogen-bond donors (Lipinski definition) is 0. The number of ether oxygens (including phenoxy) is 1. The van der Waals surface area contributed by atoms with Gasteiger partial charge in [-0.15, -0.1) is 0 Å². The van der Waals surface area contributed by atoms with E-state index in [1.165, 1.54) is 11.1 Å². The van der Waals surface area contributed by atoms with Crippen molar-refractivity contribution in [2.24, 2.45) is 0 Å². The average Bonchev–Trinajstić information content (AvgIpc) is 3.23. The van der Waals surface area contributed by atoms with Gasteiger partial charge in [-0.3, -0.25) is 0 Å². The molecule has 0 radical (unpaired) electrons. The third kappa shape index (κ3) is 2.73. The van der Waals surface area contributed by atoms with Gasteiger partial charge in [0.2, 0.25) is 0 Å². The fourth-order valence-electron chi connectivity index (χ4n) is 3.27. The quantitative estimate of drug-likeness (QED) is 0.698. The van der Waals surface area contributed by atoms with Crippen molar-refractivity contribution >= 4 is 11.6 Å². The van der Waals surface area contributed by atoms with Crippen LogP contribution in [0.3, 0.4) is 0 Å². The van der Waals surface area contributed by atoms with Crippen LogP contribution >= 0.6 is 11.6 Å². The Morgan fingerprint density at radius 1 is 1.17 bits per heavy atom. The fraction of sp³-hybridized carbons (Fsp3) is 0.211. The van der Waals surface area contributed by atoms with E-state index in [1.807, 2.05) is 49.1 Å². The highest BCUT2D eigenvalue weighted by Crippen LogP contribution is 2.39. The summed E-state index contributed by atoms with van der Waals surface area (Å²) in [7, 11) is 0. The van der Waals surface area contributed by atoms with Crippen molar-refractivity contribution in [1.29, 1.82) is 0 Å². The molecule has 4 heteroatoms. The lowest BCUT2D eigenvalue weighted by Crippen LogP contribution is -2.05. The predicted octanol–water partition coefficient (Wildman–Crippen LogP) is 4.65. The van der Waals surface area contributed by atoms with Gasteiger partial charge in [-0.05, 0) is 36.1 Å². The number of hydrogen-bond acceptors (Lipinski definition) is 2. The predicted molar refractivity (Wildman–Crippen MR) is 90.9 cm³/mol. The summed E-state index contributed by atoms with van der Waals surface area (Å²) in [5.41, 5.74) is 3.65. The number of rotatable bonds is 4. The maximum atomic E-state index is 6.21. The minimum Gasteiger partial charge on any atom is -0.489 e. The minimum absolute atomic E-state index is 0.358. The monoisotopic (exact) mass is 324 g/mol. The van der Waals surface area contributed by atoms with Crippen LogP contribution in [-0.4, -0.2) is 9.55 Å². The van der Waals surface area contributed by atoms with Gasteiger partial charge in [0.05, 0.1) is 12.4 Å². The van der Waals surface area contributed by atoms with Gasteiger partial charge >= 0.3 is 0 Å². The van der Waals surface area contributed by atoms with Crippen LogP contribution in [0, 0.1) is 0 Å². The Labute approximate surface area is 140 Å². The van der Waals surface area contributed by atoms with Crippen LogP contribution in [0.5, 0.6) is 5.75 Å². The van der Waals surface area contributed by atoms with E-state index in [0.717, 1.165) is 29.2 Å². The summed E-state index contributed by atoms with van der Waals surface area (Å²) in [6, 6.07) is 14.5. The molecule has 4 rings (SSSR count). The van der Waals surface area contributed by atoms with Crippen molar-refractivity contribution < 1.29 is 4.74 Å². The molecule has 0 bridgehead atoms. The maximum absolute atomic E-state index is 6.21. The molecule has 0 saturated carbocycles. The molecule has 1 atom stereocenters. The lowest BCUT2D eigenvalue weighted by Gasteiger charge is -2.15. The maximum Gasteiger partial charge on any atom is 0.123 e. The van der Waals surface area contributed by atoms with Crippen LogP contribution in [0.15, 0.2) is 61.2 Å². The largest absolute Gasteiger partial charge is 0.489 e. The highest BCUT2D eigenvalue weighted by Gasteiger charge is 2.26. The summed E-state index contributed by atoms with van der Waals surface area (Å²) < 4.78 is 8.24. The Balaban J connectivity index is 1.59. The van der Waals surface area contributed by atoms with Gasteiger partial charge in [0, 0.05) is 23.0 Å². The standard InChI is InChI=1S/C19H17ClN2O/c20-17-6-2-1-4-14(17)12-23-19-7-3-5-15-16(19)8-9-18(15)22-11-10-21-13-22/h1-7,10-11,13,18H,8-9,12H2. The number of halogens is 1. The molecule has 0 N–H and O–H groups in total. The summed E-state index contributed by atoms with van der Waals surface area (Å²) >= 11 is 6.21. The van der Waals surface area contributed by atoms with Crippen LogP contribution < -0.4 is 4.74 Å². The zero-order valence-electron chi connectivity index (χ0n) is 12.7. The molecule has 3 nitrogen and oxygen atoms in total. The molecular formula is C19H17ClN2O. The molecule has 0 amide bonds. The van der Waals surface area contributed by atoms with Gasteiger partial charge in [-0.25, -0.2) is 4.98 Å². The van der Waals surface area contributed by atoms with Crippen LogP contribution in [0.1, 0.15) is 29.2 Å². The Kier molecular flexibility index (Phi) is 3.80. The second kappa shape index (κ2) is 6.09. The molecule has 1 aliphatic rings. The van der Waals surface area contributed by atoms with Crippen molar-refractivity contribution in [1.82, 2.24) is 9.55 Å². The van der Waals surface area contributed by atoms with E-state index < -0.39 is 0 Å². The number of benzene rings is 2. The zero-order valence-corrected chi connectivity index (χ0v) is 13.4. The van der Waals surface area contributed by atoms with Gasteiger partial charge in [-0.1, -0.05) is 41.9 Å². The number of nitrogens with zero attached hydrogens (tertiary/aromatic N) is 2. The smallest absolute Gasteiger partial charge is 0.123 e. The first-order valence-electron chi connectivity index (χ1n) is 7.78. The van der Waals surface area contributed by atoms with Crippen molar-refractivity contribution in [2.45, 2.75) is 25.5 Å².